The Morgan fingerprint density at radius 2 is 1.86 bits per heavy atom. The Hall–Kier alpha value is -2.27. The number of carbonyl (C=O) groups excluding carboxylic acids is 1. The molecule has 2 aromatic carbocycles. The van der Waals surface area contributed by atoms with E-state index in [2.05, 4.69) is 5.32 Å². The molecule has 0 aliphatic carbocycles. The molecule has 0 aliphatic rings. The van der Waals surface area contributed by atoms with Crippen LogP contribution in [0.15, 0.2) is 36.4 Å². The van der Waals surface area contributed by atoms with Gasteiger partial charge in [0.15, 0.2) is 0 Å². The lowest BCUT2D eigenvalue weighted by Crippen LogP contribution is -2.16. The van der Waals surface area contributed by atoms with Crippen molar-refractivity contribution >= 4 is 28.8 Å². The summed E-state index contributed by atoms with van der Waals surface area (Å²) >= 11 is 4.93. The Bertz CT molecular complexity index is 728. The van der Waals surface area contributed by atoms with E-state index >= 15 is 0 Å². The highest BCUT2D eigenvalue weighted by molar-refractivity contribution is 7.80. The van der Waals surface area contributed by atoms with E-state index in [-0.39, 0.29) is 16.7 Å². The van der Waals surface area contributed by atoms with Crippen LogP contribution >= 0.6 is 12.2 Å². The summed E-state index contributed by atoms with van der Waals surface area (Å²) < 4.78 is 13.1. The zero-order chi connectivity index (χ0) is 15.6. The Morgan fingerprint density at radius 1 is 1.14 bits per heavy atom. The first kappa shape index (κ1) is 15.1. The molecule has 3 N–H and O–H groups in total. The van der Waals surface area contributed by atoms with Gasteiger partial charge in [0.1, 0.15) is 10.8 Å². The third kappa shape index (κ3) is 3.44. The van der Waals surface area contributed by atoms with E-state index in [1.54, 1.807) is 19.1 Å². The minimum atomic E-state index is -0.365. The van der Waals surface area contributed by atoms with Gasteiger partial charge in [0.25, 0.3) is 5.91 Å². The third-order valence-corrected chi connectivity index (χ3v) is 3.44. The number of anilines is 1. The van der Waals surface area contributed by atoms with E-state index in [0.717, 1.165) is 5.56 Å². The highest BCUT2D eigenvalue weighted by Crippen LogP contribution is 2.19. The van der Waals surface area contributed by atoms with Gasteiger partial charge in [0.05, 0.1) is 0 Å². The van der Waals surface area contributed by atoms with Gasteiger partial charge in [-0.3, -0.25) is 4.79 Å². The average molecular weight is 302 g/mol. The number of aryl methyl sites for hydroxylation is 2. The van der Waals surface area contributed by atoms with Crippen molar-refractivity contribution in [2.24, 2.45) is 5.73 Å². The second kappa shape index (κ2) is 6.01. The molecule has 0 fully saturated rings. The Kier molecular flexibility index (Phi) is 4.33. The average Bonchev–Trinajstić information content (AvgIpc) is 2.40. The Morgan fingerprint density at radius 3 is 2.48 bits per heavy atom. The number of hydrogen-bond acceptors (Lipinski definition) is 2. The van der Waals surface area contributed by atoms with Crippen molar-refractivity contribution in [2.45, 2.75) is 13.8 Å². The molecule has 21 heavy (non-hydrogen) atoms. The van der Waals surface area contributed by atoms with Gasteiger partial charge in [-0.25, -0.2) is 4.39 Å². The lowest BCUT2D eigenvalue weighted by Gasteiger charge is -2.11. The van der Waals surface area contributed by atoms with Gasteiger partial charge < -0.3 is 11.1 Å². The van der Waals surface area contributed by atoms with Crippen molar-refractivity contribution in [1.82, 2.24) is 0 Å². The van der Waals surface area contributed by atoms with E-state index in [1.807, 2.05) is 13.0 Å². The second-order valence-electron chi connectivity index (χ2n) is 4.81. The maximum absolute atomic E-state index is 13.1. The zero-order valence-corrected chi connectivity index (χ0v) is 12.6. The van der Waals surface area contributed by atoms with Gasteiger partial charge >= 0.3 is 0 Å². The number of nitrogens with one attached hydrogen (secondary N) is 1. The number of benzene rings is 2. The number of thiocarbonyl (C=S) groups is 1. The summed E-state index contributed by atoms with van der Waals surface area (Å²) in [5, 5.41) is 2.81. The highest BCUT2D eigenvalue weighted by atomic mass is 32.1. The molecule has 0 unspecified atom stereocenters. The van der Waals surface area contributed by atoms with Gasteiger partial charge in [-0.2, -0.15) is 0 Å². The number of carbonyl (C=O) groups is 1. The van der Waals surface area contributed by atoms with Crippen LogP contribution in [-0.2, 0) is 0 Å². The van der Waals surface area contributed by atoms with Crippen LogP contribution in [0, 0.1) is 19.7 Å². The largest absolute Gasteiger partial charge is 0.389 e. The summed E-state index contributed by atoms with van der Waals surface area (Å²) in [4.78, 5) is 12.5. The fourth-order valence-electron chi connectivity index (χ4n) is 1.98. The van der Waals surface area contributed by atoms with Gasteiger partial charge in [0.2, 0.25) is 0 Å². The molecule has 2 aromatic rings. The van der Waals surface area contributed by atoms with Crippen LogP contribution in [-0.4, -0.2) is 10.9 Å². The van der Waals surface area contributed by atoms with Crippen molar-refractivity contribution in [1.29, 1.82) is 0 Å². The maximum atomic E-state index is 13.1. The van der Waals surface area contributed by atoms with Crippen LogP contribution in [0.25, 0.3) is 0 Å². The molecule has 1 amide bonds. The summed E-state index contributed by atoms with van der Waals surface area (Å²) in [7, 11) is 0. The Labute approximate surface area is 128 Å². The molecule has 2 rings (SSSR count). The summed E-state index contributed by atoms with van der Waals surface area (Å²) in [6.07, 6.45) is 0. The third-order valence-electron chi connectivity index (χ3n) is 3.20. The molecule has 5 heteroatoms. The number of halogens is 1. The van der Waals surface area contributed by atoms with Crippen LogP contribution in [0.2, 0.25) is 0 Å². The first-order chi connectivity index (χ1) is 9.88. The molecule has 0 radical (unpaired) electrons. The predicted molar refractivity (Wildman–Crippen MR) is 86.2 cm³/mol. The molecule has 108 valence electrons. The van der Waals surface area contributed by atoms with E-state index in [0.29, 0.717) is 22.4 Å². The first-order valence-electron chi connectivity index (χ1n) is 6.36. The monoisotopic (exact) mass is 302 g/mol. The van der Waals surface area contributed by atoms with E-state index in [4.69, 9.17) is 18.0 Å². The lowest BCUT2D eigenvalue weighted by molar-refractivity contribution is 0.102. The van der Waals surface area contributed by atoms with Crippen LogP contribution in [0.1, 0.15) is 27.0 Å². The Balaban J connectivity index is 2.31. The predicted octanol–water partition coefficient (Wildman–Crippen LogP) is 3.33. The minimum Gasteiger partial charge on any atom is -0.389 e. The van der Waals surface area contributed by atoms with Crippen LogP contribution in [0.5, 0.6) is 0 Å². The summed E-state index contributed by atoms with van der Waals surface area (Å²) in [6, 6.07) is 9.42. The fraction of sp³-hybridized carbons (Fsp3) is 0.125. The smallest absolute Gasteiger partial charge is 0.255 e. The highest BCUT2D eigenvalue weighted by Gasteiger charge is 2.12. The van der Waals surface area contributed by atoms with Crippen molar-refractivity contribution < 1.29 is 9.18 Å². The van der Waals surface area contributed by atoms with Gasteiger partial charge in [-0.15, -0.1) is 0 Å². The van der Waals surface area contributed by atoms with E-state index in [1.165, 1.54) is 18.2 Å². The van der Waals surface area contributed by atoms with Gasteiger partial charge in [-0.1, -0.05) is 24.4 Å². The summed E-state index contributed by atoms with van der Waals surface area (Å²) in [6.45, 7) is 3.56. The number of amides is 1. The molecule has 0 saturated heterocycles. The lowest BCUT2D eigenvalue weighted by atomic mass is 10.1. The standard InChI is InChI=1S/C16H15FN2OS/c1-9-3-4-11(15(18)21)8-14(9)19-16(20)13-6-5-12(17)7-10(13)2/h3-8H,1-2H3,(H2,18,21)(H,19,20). The first-order valence-corrected chi connectivity index (χ1v) is 6.77. The molecular formula is C16H15FN2OS. The fourth-order valence-corrected chi connectivity index (χ4v) is 2.11. The molecule has 0 bridgehead atoms. The van der Waals surface area contributed by atoms with Crippen molar-refractivity contribution in [2.75, 3.05) is 5.32 Å². The molecule has 0 aromatic heterocycles. The SMILES string of the molecule is Cc1ccc(C(N)=S)cc1NC(=O)c1ccc(F)cc1C. The summed E-state index contributed by atoms with van der Waals surface area (Å²) in [5.41, 5.74) is 8.81. The second-order valence-corrected chi connectivity index (χ2v) is 5.25. The van der Waals surface area contributed by atoms with Crippen molar-refractivity contribution in [3.8, 4) is 0 Å². The van der Waals surface area contributed by atoms with Crippen LogP contribution < -0.4 is 11.1 Å². The van der Waals surface area contributed by atoms with E-state index < -0.39 is 0 Å². The van der Waals surface area contributed by atoms with Crippen LogP contribution in [0.3, 0.4) is 0 Å². The van der Waals surface area contributed by atoms with Crippen molar-refractivity contribution in [3.63, 3.8) is 0 Å². The van der Waals surface area contributed by atoms with E-state index in [9.17, 15) is 9.18 Å². The normalized spacial score (nSPS) is 10.2. The quantitative estimate of drug-likeness (QED) is 0.855. The van der Waals surface area contributed by atoms with Gasteiger partial charge in [-0.05, 0) is 49.2 Å². The molecule has 0 saturated carbocycles. The number of nitrogens with two attached hydrogens (primary N) is 1. The maximum Gasteiger partial charge on any atom is 0.255 e. The number of hydrogen-bond donors (Lipinski definition) is 2. The molecule has 0 heterocycles. The molecular weight excluding hydrogens is 287 g/mol. The molecule has 3 nitrogen and oxygen atoms in total. The summed E-state index contributed by atoms with van der Waals surface area (Å²) in [5.74, 6) is -0.661. The van der Waals surface area contributed by atoms with Crippen LogP contribution in [0.4, 0.5) is 10.1 Å². The minimum absolute atomic E-state index is 0.267. The molecule has 0 aliphatic heterocycles. The zero-order valence-electron chi connectivity index (χ0n) is 11.7. The van der Waals surface area contributed by atoms with Gasteiger partial charge in [0, 0.05) is 16.8 Å². The molecule has 0 atom stereocenters. The molecule has 0 spiro atoms. The number of rotatable bonds is 3. The van der Waals surface area contributed by atoms with Crippen molar-refractivity contribution in [3.05, 3.63) is 64.5 Å². The topological polar surface area (TPSA) is 55.1 Å².